The van der Waals surface area contributed by atoms with Crippen LogP contribution in [0, 0.1) is 19.8 Å². The van der Waals surface area contributed by atoms with Crippen LogP contribution in [-0.2, 0) is 11.3 Å². The highest BCUT2D eigenvalue weighted by molar-refractivity contribution is 7.99. The predicted octanol–water partition coefficient (Wildman–Crippen LogP) is 4.77. The van der Waals surface area contributed by atoms with Crippen molar-refractivity contribution < 1.29 is 9.59 Å². The summed E-state index contributed by atoms with van der Waals surface area (Å²) in [5.74, 6) is 0.769. The number of anilines is 1. The first-order valence-corrected chi connectivity index (χ1v) is 12.1. The predicted molar refractivity (Wildman–Crippen MR) is 132 cm³/mol. The van der Waals surface area contributed by atoms with Gasteiger partial charge in [-0.15, -0.1) is 10.2 Å². The van der Waals surface area contributed by atoms with Gasteiger partial charge in [0.15, 0.2) is 11.0 Å². The molecule has 0 unspecified atom stereocenters. The number of hydrogen-bond donors (Lipinski definition) is 2. The van der Waals surface area contributed by atoms with Gasteiger partial charge in [-0.2, -0.15) is 0 Å². The second kappa shape index (κ2) is 11.1. The quantitative estimate of drug-likeness (QED) is 0.444. The molecule has 0 aliphatic rings. The SMILES string of the molecule is CCn1c(SCC(=O)Nc2c(C)cccc2C)nnc1[C@@H](NC(=O)c1ccccc1)C(C)C. The molecule has 33 heavy (non-hydrogen) atoms. The van der Waals surface area contributed by atoms with E-state index in [0.717, 1.165) is 16.8 Å². The van der Waals surface area contributed by atoms with Crippen LogP contribution in [0.4, 0.5) is 5.69 Å². The van der Waals surface area contributed by atoms with Crippen molar-refractivity contribution in [3.63, 3.8) is 0 Å². The van der Waals surface area contributed by atoms with Gasteiger partial charge in [0.2, 0.25) is 5.91 Å². The molecule has 1 heterocycles. The largest absolute Gasteiger partial charge is 0.342 e. The Labute approximate surface area is 199 Å². The third-order valence-electron chi connectivity index (χ3n) is 5.41. The van der Waals surface area contributed by atoms with Crippen molar-refractivity contribution in [1.82, 2.24) is 20.1 Å². The molecular weight excluding hydrogens is 434 g/mol. The number of hydrogen-bond acceptors (Lipinski definition) is 5. The minimum atomic E-state index is -0.303. The number of amides is 2. The Bertz CT molecular complexity index is 1090. The molecule has 0 spiro atoms. The maximum atomic E-state index is 12.8. The molecule has 0 bridgehead atoms. The first-order chi connectivity index (χ1) is 15.8. The lowest BCUT2D eigenvalue weighted by atomic mass is 10.0. The fourth-order valence-corrected chi connectivity index (χ4v) is 4.40. The molecule has 0 saturated carbocycles. The van der Waals surface area contributed by atoms with Gasteiger partial charge in [-0.05, 0) is 49.9 Å². The smallest absolute Gasteiger partial charge is 0.251 e. The van der Waals surface area contributed by atoms with E-state index < -0.39 is 0 Å². The molecular formula is C25H31N5O2S. The van der Waals surface area contributed by atoms with Gasteiger partial charge in [0.05, 0.1) is 11.8 Å². The van der Waals surface area contributed by atoms with Crippen LogP contribution in [0.2, 0.25) is 0 Å². The van der Waals surface area contributed by atoms with E-state index in [1.807, 2.05) is 75.6 Å². The van der Waals surface area contributed by atoms with Crippen molar-refractivity contribution in [3.05, 3.63) is 71.0 Å². The van der Waals surface area contributed by atoms with Crippen LogP contribution in [0.25, 0.3) is 0 Å². The summed E-state index contributed by atoms with van der Waals surface area (Å²) in [4.78, 5) is 25.4. The fraction of sp³-hybridized carbons (Fsp3) is 0.360. The molecule has 3 rings (SSSR count). The second-order valence-electron chi connectivity index (χ2n) is 8.25. The van der Waals surface area contributed by atoms with Gasteiger partial charge in [-0.25, -0.2) is 0 Å². The molecule has 0 aliphatic heterocycles. The van der Waals surface area contributed by atoms with E-state index in [0.29, 0.717) is 23.1 Å². The van der Waals surface area contributed by atoms with E-state index >= 15 is 0 Å². The normalized spacial score (nSPS) is 11.9. The lowest BCUT2D eigenvalue weighted by Crippen LogP contribution is -2.33. The lowest BCUT2D eigenvalue weighted by molar-refractivity contribution is -0.113. The lowest BCUT2D eigenvalue weighted by Gasteiger charge is -2.22. The van der Waals surface area contributed by atoms with Gasteiger partial charge in [0, 0.05) is 17.8 Å². The Morgan fingerprint density at radius 3 is 2.27 bits per heavy atom. The number of para-hydroxylation sites is 1. The van der Waals surface area contributed by atoms with Gasteiger partial charge >= 0.3 is 0 Å². The van der Waals surface area contributed by atoms with Crippen LogP contribution in [0.1, 0.15) is 54.1 Å². The van der Waals surface area contributed by atoms with Gasteiger partial charge in [0.25, 0.3) is 5.91 Å². The molecule has 2 aromatic carbocycles. The monoisotopic (exact) mass is 465 g/mol. The Kier molecular flexibility index (Phi) is 8.27. The highest BCUT2D eigenvalue weighted by Crippen LogP contribution is 2.26. The molecule has 8 heteroatoms. The third-order valence-corrected chi connectivity index (χ3v) is 6.37. The molecule has 0 saturated heterocycles. The maximum absolute atomic E-state index is 12.8. The summed E-state index contributed by atoms with van der Waals surface area (Å²) in [6.45, 7) is 10.7. The zero-order valence-corrected chi connectivity index (χ0v) is 20.6. The molecule has 7 nitrogen and oxygen atoms in total. The summed E-state index contributed by atoms with van der Waals surface area (Å²) >= 11 is 1.34. The zero-order chi connectivity index (χ0) is 24.0. The fourth-order valence-electron chi connectivity index (χ4n) is 3.59. The summed E-state index contributed by atoms with van der Waals surface area (Å²) in [6, 6.07) is 14.8. The Balaban J connectivity index is 1.72. The standard InChI is InChI=1S/C25H31N5O2S/c1-6-30-23(21(16(2)3)27-24(32)19-13-8-7-9-14-19)28-29-25(30)33-15-20(31)26-22-17(4)11-10-12-18(22)5/h7-14,16,21H,6,15H2,1-5H3,(H,26,31)(H,27,32)/t21-/m0/s1. The minimum absolute atomic E-state index is 0.0950. The average molecular weight is 466 g/mol. The van der Waals surface area contributed by atoms with Gasteiger partial charge in [-0.3, -0.25) is 9.59 Å². The van der Waals surface area contributed by atoms with E-state index in [9.17, 15) is 9.59 Å². The first-order valence-electron chi connectivity index (χ1n) is 11.1. The molecule has 0 fully saturated rings. The summed E-state index contributed by atoms with van der Waals surface area (Å²) in [5.41, 5.74) is 3.51. The van der Waals surface area contributed by atoms with Crippen LogP contribution in [-0.4, -0.2) is 32.3 Å². The number of carbonyl (C=O) groups is 2. The van der Waals surface area contributed by atoms with E-state index in [2.05, 4.69) is 20.8 Å². The van der Waals surface area contributed by atoms with Crippen molar-refractivity contribution in [2.75, 3.05) is 11.1 Å². The van der Waals surface area contributed by atoms with Gasteiger partial charge < -0.3 is 15.2 Å². The van der Waals surface area contributed by atoms with Crippen LogP contribution in [0.3, 0.4) is 0 Å². The third kappa shape index (κ3) is 6.01. The number of carbonyl (C=O) groups excluding carboxylic acids is 2. The van der Waals surface area contributed by atoms with Crippen molar-refractivity contribution in [2.24, 2.45) is 5.92 Å². The zero-order valence-electron chi connectivity index (χ0n) is 19.8. The van der Waals surface area contributed by atoms with Crippen LogP contribution in [0.5, 0.6) is 0 Å². The van der Waals surface area contributed by atoms with Crippen molar-refractivity contribution in [3.8, 4) is 0 Å². The van der Waals surface area contributed by atoms with Gasteiger partial charge in [-0.1, -0.05) is 62.0 Å². The summed E-state index contributed by atoms with van der Waals surface area (Å²) in [7, 11) is 0. The highest BCUT2D eigenvalue weighted by Gasteiger charge is 2.26. The van der Waals surface area contributed by atoms with Crippen molar-refractivity contribution in [1.29, 1.82) is 0 Å². The van der Waals surface area contributed by atoms with Gasteiger partial charge in [0.1, 0.15) is 0 Å². The molecule has 1 aromatic heterocycles. The molecule has 3 aromatic rings. The van der Waals surface area contributed by atoms with E-state index in [-0.39, 0.29) is 29.5 Å². The Morgan fingerprint density at radius 1 is 1.00 bits per heavy atom. The topological polar surface area (TPSA) is 88.9 Å². The molecule has 2 N–H and O–H groups in total. The number of aromatic nitrogens is 3. The Morgan fingerprint density at radius 2 is 1.67 bits per heavy atom. The van der Waals surface area contributed by atoms with Crippen LogP contribution in [0.15, 0.2) is 53.7 Å². The maximum Gasteiger partial charge on any atom is 0.251 e. The summed E-state index contributed by atoms with van der Waals surface area (Å²) in [6.07, 6.45) is 0. The Hall–Kier alpha value is -3.13. The minimum Gasteiger partial charge on any atom is -0.342 e. The highest BCUT2D eigenvalue weighted by atomic mass is 32.2. The number of aryl methyl sites for hydroxylation is 2. The number of nitrogens with zero attached hydrogens (tertiary/aromatic N) is 3. The molecule has 1 atom stereocenters. The van der Waals surface area contributed by atoms with Crippen molar-refractivity contribution >= 4 is 29.3 Å². The molecule has 174 valence electrons. The first kappa shape index (κ1) is 24.5. The number of thioether (sulfide) groups is 1. The molecule has 0 radical (unpaired) electrons. The number of rotatable bonds is 9. The van der Waals surface area contributed by atoms with E-state index in [1.54, 1.807) is 12.1 Å². The summed E-state index contributed by atoms with van der Waals surface area (Å²) in [5, 5.41) is 15.5. The van der Waals surface area contributed by atoms with E-state index in [1.165, 1.54) is 11.8 Å². The van der Waals surface area contributed by atoms with E-state index in [4.69, 9.17) is 0 Å². The molecule has 0 aliphatic carbocycles. The van der Waals surface area contributed by atoms with Crippen molar-refractivity contribution in [2.45, 2.75) is 52.4 Å². The average Bonchev–Trinajstić information content (AvgIpc) is 3.21. The number of benzene rings is 2. The molecule has 2 amide bonds. The summed E-state index contributed by atoms with van der Waals surface area (Å²) < 4.78 is 1.97. The van der Waals surface area contributed by atoms with Crippen LogP contribution < -0.4 is 10.6 Å². The number of nitrogens with one attached hydrogen (secondary N) is 2. The second-order valence-corrected chi connectivity index (χ2v) is 9.19. The van der Waals surface area contributed by atoms with Crippen LogP contribution >= 0.6 is 11.8 Å².